The van der Waals surface area contributed by atoms with Crippen molar-refractivity contribution in [3.63, 3.8) is 0 Å². The van der Waals surface area contributed by atoms with Crippen LogP contribution in [0.1, 0.15) is 58.3 Å². The molecule has 1 aliphatic carbocycles. The van der Waals surface area contributed by atoms with Crippen molar-refractivity contribution < 1.29 is 4.74 Å². The second-order valence-corrected chi connectivity index (χ2v) is 6.54. The fourth-order valence-corrected chi connectivity index (χ4v) is 3.82. The van der Waals surface area contributed by atoms with Gasteiger partial charge in [-0.25, -0.2) is 0 Å². The minimum Gasteiger partial charge on any atom is -0.496 e. The summed E-state index contributed by atoms with van der Waals surface area (Å²) in [6, 6.07) is 0.359. The average molecular weight is 280 g/mol. The van der Waals surface area contributed by atoms with E-state index in [2.05, 4.69) is 37.3 Å². The van der Waals surface area contributed by atoms with Gasteiger partial charge in [0.15, 0.2) is 0 Å². The van der Waals surface area contributed by atoms with E-state index in [1.54, 1.807) is 0 Å². The molecule has 1 heterocycles. The number of ether oxygens (including phenoxy) is 1. The molecule has 2 rings (SSSR count). The third kappa shape index (κ3) is 3.37. The predicted molar refractivity (Wildman–Crippen MR) is 84.9 cm³/mol. The van der Waals surface area contributed by atoms with E-state index >= 15 is 0 Å². The summed E-state index contributed by atoms with van der Waals surface area (Å²) in [5.41, 5.74) is 0.224. The first kappa shape index (κ1) is 15.8. The van der Waals surface area contributed by atoms with E-state index in [4.69, 9.17) is 4.74 Å². The molecule has 1 fully saturated rings. The Morgan fingerprint density at radius 1 is 1.25 bits per heavy atom. The van der Waals surface area contributed by atoms with Gasteiger partial charge in [-0.2, -0.15) is 0 Å². The van der Waals surface area contributed by atoms with Crippen LogP contribution in [0.5, 0.6) is 0 Å². The second-order valence-electron chi connectivity index (χ2n) is 6.54. The van der Waals surface area contributed by atoms with Crippen LogP contribution in [0.4, 0.5) is 0 Å². The molecule has 0 radical (unpaired) electrons. The van der Waals surface area contributed by atoms with Crippen molar-refractivity contribution in [2.24, 2.45) is 0 Å². The molecule has 1 N–H and O–H groups in total. The Bertz CT molecular complexity index is 317. The van der Waals surface area contributed by atoms with E-state index in [1.807, 2.05) is 0 Å². The number of rotatable bonds is 6. The fraction of sp³-hybridized carbons (Fsp3) is 0.882. The minimum atomic E-state index is 0.224. The minimum absolute atomic E-state index is 0.224. The summed E-state index contributed by atoms with van der Waals surface area (Å²) in [7, 11) is 4.50. The lowest BCUT2D eigenvalue weighted by atomic mass is 9.80. The lowest BCUT2D eigenvalue weighted by Crippen LogP contribution is -2.59. The molecule has 3 nitrogen and oxygen atoms in total. The van der Waals surface area contributed by atoms with Crippen LogP contribution in [0.2, 0.25) is 0 Å². The number of nitrogens with zero attached hydrogens (tertiary/aromatic N) is 1. The van der Waals surface area contributed by atoms with E-state index in [9.17, 15) is 0 Å². The highest BCUT2D eigenvalue weighted by molar-refractivity contribution is 5.17. The maximum Gasteiger partial charge on any atom is 0.111 e. The summed E-state index contributed by atoms with van der Waals surface area (Å²) in [6.45, 7) is 4.17. The summed E-state index contributed by atoms with van der Waals surface area (Å²) in [4.78, 5) is 2.47. The molecule has 116 valence electrons. The van der Waals surface area contributed by atoms with Gasteiger partial charge in [0.25, 0.3) is 0 Å². The highest BCUT2D eigenvalue weighted by Crippen LogP contribution is 2.37. The van der Waals surface area contributed by atoms with Crippen molar-refractivity contribution >= 4 is 0 Å². The summed E-state index contributed by atoms with van der Waals surface area (Å²) >= 11 is 0. The van der Waals surface area contributed by atoms with E-state index < -0.39 is 0 Å². The van der Waals surface area contributed by atoms with Gasteiger partial charge in [-0.05, 0) is 46.0 Å². The van der Waals surface area contributed by atoms with Crippen LogP contribution in [-0.2, 0) is 4.74 Å². The van der Waals surface area contributed by atoms with Gasteiger partial charge in [-0.1, -0.05) is 32.6 Å². The predicted octanol–water partition coefficient (Wildman–Crippen LogP) is 3.31. The van der Waals surface area contributed by atoms with Gasteiger partial charge in [-0.3, -0.25) is 0 Å². The standard InChI is InChI=1S/C17H32N2O/c1-4-13-18-16(15-10-9-14-20-15)17(19(2)3)11-7-5-6-8-12-17/h10,16,18H,4-9,11-14H2,1-3H3. The highest BCUT2D eigenvalue weighted by Gasteiger charge is 2.43. The normalized spacial score (nSPS) is 24.1. The third-order valence-corrected chi connectivity index (χ3v) is 5.01. The lowest BCUT2D eigenvalue weighted by molar-refractivity contribution is 0.0657. The van der Waals surface area contributed by atoms with E-state index in [-0.39, 0.29) is 5.54 Å². The molecule has 0 aromatic heterocycles. The molecule has 0 aromatic rings. The lowest BCUT2D eigenvalue weighted by Gasteiger charge is -2.46. The van der Waals surface area contributed by atoms with Crippen molar-refractivity contribution in [2.75, 3.05) is 27.2 Å². The van der Waals surface area contributed by atoms with E-state index in [0.29, 0.717) is 6.04 Å². The van der Waals surface area contributed by atoms with Crippen LogP contribution in [-0.4, -0.2) is 43.7 Å². The number of likely N-dealkylation sites (N-methyl/N-ethyl adjacent to an activating group) is 1. The molecule has 0 spiro atoms. The zero-order valence-electron chi connectivity index (χ0n) is 13.6. The average Bonchev–Trinajstić information content (AvgIpc) is 2.84. The van der Waals surface area contributed by atoms with Crippen LogP contribution in [0.25, 0.3) is 0 Å². The van der Waals surface area contributed by atoms with Gasteiger partial charge in [0.05, 0.1) is 12.6 Å². The number of nitrogens with one attached hydrogen (secondary N) is 1. The van der Waals surface area contributed by atoms with Crippen LogP contribution in [0.15, 0.2) is 11.8 Å². The molecular weight excluding hydrogens is 248 g/mol. The maximum atomic E-state index is 5.95. The van der Waals surface area contributed by atoms with Gasteiger partial charge in [0, 0.05) is 12.0 Å². The molecule has 1 saturated carbocycles. The van der Waals surface area contributed by atoms with Crippen molar-refractivity contribution in [3.05, 3.63) is 11.8 Å². The summed E-state index contributed by atoms with van der Waals surface area (Å²) in [6.07, 6.45) is 12.6. The van der Waals surface area contributed by atoms with Gasteiger partial charge >= 0.3 is 0 Å². The maximum absolute atomic E-state index is 5.95. The molecule has 3 heteroatoms. The molecule has 2 aliphatic rings. The van der Waals surface area contributed by atoms with E-state index in [0.717, 1.165) is 19.6 Å². The smallest absolute Gasteiger partial charge is 0.111 e. The Labute approximate surface area is 124 Å². The quantitative estimate of drug-likeness (QED) is 0.755. The Kier molecular flexibility index (Phi) is 5.91. The molecule has 1 unspecified atom stereocenters. The first-order valence-corrected chi connectivity index (χ1v) is 8.44. The summed E-state index contributed by atoms with van der Waals surface area (Å²) in [5, 5.41) is 3.80. The number of hydrogen-bond donors (Lipinski definition) is 1. The first-order chi connectivity index (χ1) is 9.70. The van der Waals surface area contributed by atoms with Crippen LogP contribution in [0.3, 0.4) is 0 Å². The Morgan fingerprint density at radius 2 is 1.95 bits per heavy atom. The van der Waals surface area contributed by atoms with Crippen molar-refractivity contribution in [2.45, 2.75) is 69.9 Å². The molecule has 1 aliphatic heterocycles. The molecule has 0 amide bonds. The SMILES string of the molecule is CCCNC(C1=CCCO1)C1(N(C)C)CCCCCC1. The van der Waals surface area contributed by atoms with Gasteiger partial charge in [0.2, 0.25) is 0 Å². The van der Waals surface area contributed by atoms with Gasteiger partial charge in [-0.15, -0.1) is 0 Å². The largest absolute Gasteiger partial charge is 0.496 e. The first-order valence-electron chi connectivity index (χ1n) is 8.44. The second kappa shape index (κ2) is 7.46. The fourth-order valence-electron chi connectivity index (χ4n) is 3.82. The molecular formula is C17H32N2O. The van der Waals surface area contributed by atoms with Crippen LogP contribution in [0, 0.1) is 0 Å². The summed E-state index contributed by atoms with van der Waals surface area (Å²) < 4.78 is 5.95. The third-order valence-electron chi connectivity index (χ3n) is 5.01. The van der Waals surface area contributed by atoms with Crippen molar-refractivity contribution in [3.8, 4) is 0 Å². The Hall–Kier alpha value is -0.540. The number of hydrogen-bond acceptors (Lipinski definition) is 3. The Balaban J connectivity index is 2.24. The molecule has 0 saturated heterocycles. The zero-order chi connectivity index (χ0) is 14.4. The van der Waals surface area contributed by atoms with E-state index in [1.165, 1.54) is 50.7 Å². The topological polar surface area (TPSA) is 24.5 Å². The van der Waals surface area contributed by atoms with Gasteiger partial charge < -0.3 is 15.0 Å². The Morgan fingerprint density at radius 3 is 2.45 bits per heavy atom. The van der Waals surface area contributed by atoms with Crippen molar-refractivity contribution in [1.82, 2.24) is 10.2 Å². The zero-order valence-corrected chi connectivity index (χ0v) is 13.6. The van der Waals surface area contributed by atoms with Gasteiger partial charge in [0.1, 0.15) is 5.76 Å². The van der Waals surface area contributed by atoms with Crippen LogP contribution >= 0.6 is 0 Å². The van der Waals surface area contributed by atoms with Crippen LogP contribution < -0.4 is 5.32 Å². The molecule has 20 heavy (non-hydrogen) atoms. The molecule has 1 atom stereocenters. The molecule has 0 aromatic carbocycles. The summed E-state index contributed by atoms with van der Waals surface area (Å²) in [5.74, 6) is 1.20. The monoisotopic (exact) mass is 280 g/mol. The van der Waals surface area contributed by atoms with Crippen molar-refractivity contribution in [1.29, 1.82) is 0 Å². The molecule has 0 bridgehead atoms. The highest BCUT2D eigenvalue weighted by atomic mass is 16.5.